The Hall–Kier alpha value is -1.89. The van der Waals surface area contributed by atoms with Gasteiger partial charge in [0, 0.05) is 29.3 Å². The van der Waals surface area contributed by atoms with E-state index in [0.717, 1.165) is 53.1 Å². The van der Waals surface area contributed by atoms with Crippen molar-refractivity contribution >= 4 is 17.3 Å². The van der Waals surface area contributed by atoms with Crippen molar-refractivity contribution in [2.75, 3.05) is 6.54 Å². The number of nitrogens with one attached hydrogen (secondary N) is 2. The molecule has 0 saturated carbocycles. The van der Waals surface area contributed by atoms with Gasteiger partial charge in [-0.2, -0.15) is 0 Å². The average molecular weight is 378 g/mol. The first-order valence-electron chi connectivity index (χ1n) is 9.32. The van der Waals surface area contributed by atoms with Gasteiger partial charge in [-0.3, -0.25) is 0 Å². The lowest BCUT2D eigenvalue weighted by atomic mass is 9.98. The second-order valence-corrected chi connectivity index (χ2v) is 8.04. The van der Waals surface area contributed by atoms with Crippen LogP contribution in [-0.4, -0.2) is 22.6 Å². The summed E-state index contributed by atoms with van der Waals surface area (Å²) in [5.41, 5.74) is 3.23. The van der Waals surface area contributed by atoms with E-state index in [1.165, 1.54) is 0 Å². The minimum atomic E-state index is 0.0862. The van der Waals surface area contributed by atoms with Gasteiger partial charge in [-0.05, 0) is 13.3 Å². The molecule has 2 aromatic rings. The lowest BCUT2D eigenvalue weighted by Crippen LogP contribution is -2.37. The number of nitrogens with zero attached hydrogens (tertiary/aromatic N) is 3. The topological polar surface area (TPSA) is 75.3 Å². The van der Waals surface area contributed by atoms with Crippen LogP contribution in [0.3, 0.4) is 0 Å². The quantitative estimate of drug-likeness (QED) is 0.567. The molecule has 0 radical (unpaired) electrons. The van der Waals surface area contributed by atoms with Gasteiger partial charge in [-0.25, -0.2) is 9.98 Å². The minimum absolute atomic E-state index is 0.0862. The van der Waals surface area contributed by atoms with Crippen molar-refractivity contribution in [2.24, 2.45) is 4.99 Å². The van der Waals surface area contributed by atoms with E-state index < -0.39 is 0 Å². The van der Waals surface area contributed by atoms with E-state index in [9.17, 15) is 0 Å². The first-order chi connectivity index (χ1) is 12.4. The van der Waals surface area contributed by atoms with Gasteiger partial charge in [-0.1, -0.05) is 39.8 Å². The zero-order chi connectivity index (χ0) is 19.2. The highest BCUT2D eigenvalue weighted by Crippen LogP contribution is 2.25. The molecule has 0 fully saturated rings. The van der Waals surface area contributed by atoms with E-state index in [0.29, 0.717) is 13.1 Å². The number of aliphatic imine (C=N–C) groups is 1. The number of hydrogen-bond donors (Lipinski definition) is 2. The molecule has 2 aromatic heterocycles. The van der Waals surface area contributed by atoms with Gasteiger partial charge in [0.1, 0.15) is 5.76 Å². The first kappa shape index (κ1) is 20.4. The van der Waals surface area contributed by atoms with E-state index in [2.05, 4.69) is 62.7 Å². The van der Waals surface area contributed by atoms with Crippen molar-refractivity contribution in [2.45, 2.75) is 72.9 Å². The van der Waals surface area contributed by atoms with Crippen LogP contribution < -0.4 is 10.6 Å². The number of guanidine groups is 1. The Morgan fingerprint density at radius 2 is 1.96 bits per heavy atom. The largest absolute Gasteiger partial charge is 0.361 e. The highest BCUT2D eigenvalue weighted by atomic mass is 32.1. The SMILES string of the molecule is CCNC(=NCc1c(CC)noc1CC)NCc1csc(C(C)(C)C)n1. The standard InChI is InChI=1S/C19H31N5OS/c1-7-15-14(16(8-2)25-24-15)11-22-18(20-9-3)21-10-13-12-26-17(23-13)19(4,5)6/h12H,7-11H2,1-6H3,(H2,20,21,22). The van der Waals surface area contributed by atoms with E-state index >= 15 is 0 Å². The van der Waals surface area contributed by atoms with E-state index in [4.69, 9.17) is 14.5 Å². The summed E-state index contributed by atoms with van der Waals surface area (Å²) in [6, 6.07) is 0. The Balaban J connectivity index is 2.05. The Morgan fingerprint density at radius 1 is 1.19 bits per heavy atom. The summed E-state index contributed by atoms with van der Waals surface area (Å²) in [7, 11) is 0. The maximum Gasteiger partial charge on any atom is 0.191 e. The number of hydrogen-bond acceptors (Lipinski definition) is 5. The summed E-state index contributed by atoms with van der Waals surface area (Å²) in [5, 5.41) is 14.1. The van der Waals surface area contributed by atoms with Crippen LogP contribution in [0, 0.1) is 0 Å². The van der Waals surface area contributed by atoms with Gasteiger partial charge in [0.25, 0.3) is 0 Å². The molecule has 26 heavy (non-hydrogen) atoms. The zero-order valence-electron chi connectivity index (χ0n) is 16.8. The summed E-state index contributed by atoms with van der Waals surface area (Å²) < 4.78 is 5.42. The molecular formula is C19H31N5OS. The molecule has 0 aliphatic heterocycles. The highest BCUT2D eigenvalue weighted by molar-refractivity contribution is 7.09. The Morgan fingerprint density at radius 3 is 2.54 bits per heavy atom. The first-order valence-corrected chi connectivity index (χ1v) is 10.2. The smallest absolute Gasteiger partial charge is 0.191 e. The second-order valence-electron chi connectivity index (χ2n) is 7.18. The van der Waals surface area contributed by atoms with Crippen LogP contribution in [0.4, 0.5) is 0 Å². The molecule has 2 N–H and O–H groups in total. The molecule has 0 spiro atoms. The van der Waals surface area contributed by atoms with E-state index in [1.807, 2.05) is 0 Å². The molecule has 2 heterocycles. The van der Waals surface area contributed by atoms with Crippen LogP contribution in [0.25, 0.3) is 0 Å². The number of rotatable bonds is 7. The molecule has 0 aliphatic rings. The fourth-order valence-corrected chi connectivity index (χ4v) is 3.43. The molecule has 7 heteroatoms. The average Bonchev–Trinajstić information content (AvgIpc) is 3.23. The third-order valence-electron chi connectivity index (χ3n) is 3.98. The Bertz CT molecular complexity index is 705. The number of aromatic nitrogens is 2. The molecule has 6 nitrogen and oxygen atoms in total. The minimum Gasteiger partial charge on any atom is -0.361 e. The Kier molecular flexibility index (Phi) is 7.20. The zero-order valence-corrected chi connectivity index (χ0v) is 17.6. The van der Waals surface area contributed by atoms with Crippen LogP contribution in [0.5, 0.6) is 0 Å². The highest BCUT2D eigenvalue weighted by Gasteiger charge is 2.18. The molecule has 144 valence electrons. The van der Waals surface area contributed by atoms with E-state index in [-0.39, 0.29) is 5.41 Å². The van der Waals surface area contributed by atoms with Gasteiger partial charge < -0.3 is 15.2 Å². The molecule has 0 unspecified atom stereocenters. The fourth-order valence-electron chi connectivity index (χ4n) is 2.52. The molecule has 0 bridgehead atoms. The normalized spacial score (nSPS) is 12.5. The van der Waals surface area contributed by atoms with Crippen molar-refractivity contribution in [3.05, 3.63) is 33.1 Å². The molecular weight excluding hydrogens is 346 g/mol. The molecule has 0 aliphatic carbocycles. The summed E-state index contributed by atoms with van der Waals surface area (Å²) in [6.07, 6.45) is 1.68. The van der Waals surface area contributed by atoms with Crippen LogP contribution in [0.2, 0.25) is 0 Å². The van der Waals surface area contributed by atoms with Gasteiger partial charge in [-0.15, -0.1) is 11.3 Å². The summed E-state index contributed by atoms with van der Waals surface area (Å²) >= 11 is 1.71. The number of thiazole rings is 1. The fraction of sp³-hybridized carbons (Fsp3) is 0.632. The van der Waals surface area contributed by atoms with Crippen LogP contribution in [0.1, 0.15) is 69.3 Å². The van der Waals surface area contributed by atoms with Crippen molar-refractivity contribution in [3.63, 3.8) is 0 Å². The van der Waals surface area contributed by atoms with Crippen molar-refractivity contribution in [1.29, 1.82) is 0 Å². The predicted octanol–water partition coefficient (Wildman–Crippen LogP) is 3.81. The van der Waals surface area contributed by atoms with Gasteiger partial charge in [0.05, 0.1) is 29.5 Å². The summed E-state index contributed by atoms with van der Waals surface area (Å²) in [4.78, 5) is 9.44. The third-order valence-corrected chi connectivity index (χ3v) is 5.29. The van der Waals surface area contributed by atoms with Gasteiger partial charge in [0.2, 0.25) is 0 Å². The molecule has 0 atom stereocenters. The van der Waals surface area contributed by atoms with Crippen LogP contribution >= 0.6 is 11.3 Å². The maximum absolute atomic E-state index is 5.42. The van der Waals surface area contributed by atoms with E-state index in [1.54, 1.807) is 11.3 Å². The lowest BCUT2D eigenvalue weighted by Gasteiger charge is -2.14. The molecule has 0 saturated heterocycles. The maximum atomic E-state index is 5.42. The van der Waals surface area contributed by atoms with Crippen LogP contribution in [-0.2, 0) is 31.3 Å². The van der Waals surface area contributed by atoms with Crippen LogP contribution in [0.15, 0.2) is 14.9 Å². The number of aryl methyl sites for hydroxylation is 2. The summed E-state index contributed by atoms with van der Waals surface area (Å²) in [6.45, 7) is 14.8. The summed E-state index contributed by atoms with van der Waals surface area (Å²) in [5.74, 6) is 1.71. The van der Waals surface area contributed by atoms with Crippen molar-refractivity contribution < 1.29 is 4.52 Å². The van der Waals surface area contributed by atoms with Crippen molar-refractivity contribution in [1.82, 2.24) is 20.8 Å². The van der Waals surface area contributed by atoms with Crippen molar-refractivity contribution in [3.8, 4) is 0 Å². The lowest BCUT2D eigenvalue weighted by molar-refractivity contribution is 0.380. The second kappa shape index (κ2) is 9.16. The molecule has 2 rings (SSSR count). The monoisotopic (exact) mass is 377 g/mol. The third kappa shape index (κ3) is 5.30. The molecule has 0 amide bonds. The van der Waals surface area contributed by atoms with Gasteiger partial charge >= 0.3 is 0 Å². The predicted molar refractivity (Wildman–Crippen MR) is 108 cm³/mol. The Labute approximate surface area is 160 Å². The molecule has 0 aromatic carbocycles. The van der Waals surface area contributed by atoms with Gasteiger partial charge in [0.15, 0.2) is 5.96 Å².